The maximum absolute atomic E-state index is 3.59. The van der Waals surface area contributed by atoms with Crippen LogP contribution in [0.5, 0.6) is 0 Å². The monoisotopic (exact) mass is 159 g/mol. The molecule has 1 nitrogen and oxygen atoms in total. The molecule has 54 valence electrons. The number of hydrogen-bond donors (Lipinski definition) is 1. The largest absolute Gasteiger partial charge is 0.361 e. The minimum Gasteiger partial charge on any atom is -0.361 e. The zero-order chi connectivity index (χ0) is 7.49. The maximum atomic E-state index is 3.59. The highest BCUT2D eigenvalue weighted by atomic mass is 28.4. The van der Waals surface area contributed by atoms with Crippen molar-refractivity contribution in [3.8, 4) is 0 Å². The molecule has 0 aliphatic heterocycles. The van der Waals surface area contributed by atoms with Crippen LogP contribution in [-0.2, 0) is 0 Å². The fourth-order valence-electron chi connectivity index (χ4n) is 0.361. The lowest BCUT2D eigenvalue weighted by Crippen LogP contribution is -2.44. The first-order valence-electron chi connectivity index (χ1n) is 3.44. The van der Waals surface area contributed by atoms with Crippen LogP contribution in [0.25, 0.3) is 0 Å². The van der Waals surface area contributed by atoms with Gasteiger partial charge in [-0.2, -0.15) is 0 Å². The van der Waals surface area contributed by atoms with Crippen molar-refractivity contribution in [1.29, 1.82) is 0 Å². The van der Waals surface area contributed by atoms with Gasteiger partial charge in [-0.15, -0.1) is 0 Å². The van der Waals surface area contributed by atoms with Crippen LogP contribution in [0.2, 0.25) is 25.2 Å². The molecule has 0 rings (SSSR count). The van der Waals surface area contributed by atoms with Crippen LogP contribution in [0.4, 0.5) is 0 Å². The molecule has 0 aliphatic carbocycles. The Morgan fingerprint density at radius 2 is 1.67 bits per heavy atom. The molecule has 1 N–H and O–H groups in total. The summed E-state index contributed by atoms with van der Waals surface area (Å²) < 4.78 is 3.59. The quantitative estimate of drug-likeness (QED) is 0.620. The molecule has 9 heavy (non-hydrogen) atoms. The van der Waals surface area contributed by atoms with Gasteiger partial charge in [0.15, 0.2) is 0 Å². The second kappa shape index (κ2) is 3.53. The molecule has 0 spiro atoms. The fourth-order valence-corrected chi connectivity index (χ4v) is 3.25. The average molecular weight is 159 g/mol. The normalized spacial score (nSPS) is 12.7. The minimum atomic E-state index is -0.958. The molecule has 3 heteroatoms. The Balaban J connectivity index is 3.28. The first-order valence-corrected chi connectivity index (χ1v) is 8.02. The second-order valence-corrected chi connectivity index (χ2v) is 10.6. The number of rotatable bonds is 3. The van der Waals surface area contributed by atoms with Gasteiger partial charge in [-0.3, -0.25) is 0 Å². The molecule has 0 aliphatic rings. The van der Waals surface area contributed by atoms with Gasteiger partial charge in [-0.1, -0.05) is 33.5 Å². The summed E-state index contributed by atoms with van der Waals surface area (Å²) in [5.74, 6) is 0. The van der Waals surface area contributed by atoms with E-state index in [1.807, 2.05) is 0 Å². The van der Waals surface area contributed by atoms with Crippen LogP contribution in [0.15, 0.2) is 0 Å². The van der Waals surface area contributed by atoms with Gasteiger partial charge in [-0.25, -0.2) is 0 Å². The molecule has 0 aromatic rings. The lowest BCUT2D eigenvalue weighted by atomic mass is 10.6. The molecule has 0 heterocycles. The van der Waals surface area contributed by atoms with E-state index in [0.717, 1.165) is 15.2 Å². The summed E-state index contributed by atoms with van der Waals surface area (Å²) in [6.45, 7) is 11.5. The molecule has 0 saturated carbocycles. The fraction of sp³-hybridized carbons (Fsp3) is 1.00. The van der Waals surface area contributed by atoms with Gasteiger partial charge in [0.2, 0.25) is 0 Å². The van der Waals surface area contributed by atoms with Gasteiger partial charge in [0.25, 0.3) is 0 Å². The third-order valence-electron chi connectivity index (χ3n) is 0.736. The van der Waals surface area contributed by atoms with Gasteiger partial charge in [0.1, 0.15) is 17.9 Å². The van der Waals surface area contributed by atoms with E-state index < -0.39 is 8.24 Å². The van der Waals surface area contributed by atoms with E-state index in [-0.39, 0.29) is 0 Å². The van der Waals surface area contributed by atoms with Gasteiger partial charge in [0.05, 0.1) is 0 Å². The number of nitrogens with one attached hydrogen (secondary N) is 1. The maximum Gasteiger partial charge on any atom is 0.134 e. The highest BCUT2D eigenvalue weighted by Gasteiger charge is 2.12. The summed E-state index contributed by atoms with van der Waals surface area (Å²) in [6.07, 6.45) is 0. The van der Waals surface area contributed by atoms with Gasteiger partial charge < -0.3 is 4.65 Å². The Hall–Kier alpha value is 0.394. The first-order chi connectivity index (χ1) is 3.92. The second-order valence-electron chi connectivity index (χ2n) is 3.67. The topological polar surface area (TPSA) is 12.0 Å². The predicted molar refractivity (Wildman–Crippen MR) is 47.3 cm³/mol. The highest BCUT2D eigenvalue weighted by molar-refractivity contribution is 6.79. The van der Waals surface area contributed by atoms with E-state index in [9.17, 15) is 0 Å². The van der Waals surface area contributed by atoms with Crippen molar-refractivity contribution in [2.24, 2.45) is 0 Å². The Kier molecular flexibility index (Phi) is 3.69. The third kappa shape index (κ3) is 8.39. The third-order valence-corrected chi connectivity index (χ3v) is 4.89. The van der Waals surface area contributed by atoms with Crippen molar-refractivity contribution in [1.82, 2.24) is 4.65 Å². The smallest absolute Gasteiger partial charge is 0.134 e. The predicted octanol–water partition coefficient (Wildman–Crippen LogP) is 1.86. The van der Waals surface area contributed by atoms with Crippen LogP contribution in [0.1, 0.15) is 13.8 Å². The zero-order valence-corrected chi connectivity index (χ0v) is 9.08. The van der Waals surface area contributed by atoms with E-state index in [4.69, 9.17) is 0 Å². The van der Waals surface area contributed by atoms with Crippen LogP contribution in [-0.4, -0.2) is 17.9 Å². The van der Waals surface area contributed by atoms with Crippen LogP contribution < -0.4 is 4.65 Å². The lowest BCUT2D eigenvalue weighted by Gasteiger charge is -2.18. The van der Waals surface area contributed by atoms with Gasteiger partial charge >= 0.3 is 0 Å². The molecule has 0 fully saturated rings. The van der Waals surface area contributed by atoms with Crippen LogP contribution >= 0.6 is 0 Å². The van der Waals surface area contributed by atoms with Gasteiger partial charge in [-0.05, 0) is 5.54 Å². The van der Waals surface area contributed by atoms with E-state index in [0.29, 0.717) is 0 Å². The Labute approximate surface area is 62.2 Å². The summed E-state index contributed by atoms with van der Waals surface area (Å²) in [4.78, 5) is 0. The SMILES string of the molecule is CC(C)[Si]N[Si](C)(C)C. The minimum absolute atomic E-state index is 0.816. The van der Waals surface area contributed by atoms with Crippen molar-refractivity contribution in [2.45, 2.75) is 39.0 Å². The van der Waals surface area contributed by atoms with Crippen molar-refractivity contribution in [2.75, 3.05) is 0 Å². The molecule has 0 atom stereocenters. The van der Waals surface area contributed by atoms with Crippen molar-refractivity contribution >= 4 is 17.9 Å². The highest BCUT2D eigenvalue weighted by Crippen LogP contribution is 1.98. The van der Waals surface area contributed by atoms with Crippen LogP contribution in [0, 0.1) is 0 Å². The summed E-state index contributed by atoms with van der Waals surface area (Å²) >= 11 is 0. The summed E-state index contributed by atoms with van der Waals surface area (Å²) in [5.41, 5.74) is 0.816. The molecule has 0 aromatic heterocycles. The average Bonchev–Trinajstić information content (AvgIpc) is 1.59. The molecule has 0 aromatic carbocycles. The molecular formula is C6H17NSi2. The van der Waals surface area contributed by atoms with Crippen molar-refractivity contribution < 1.29 is 0 Å². The molecule has 2 radical (unpaired) electrons. The standard InChI is InChI=1S/C6H17NSi2/c1-6(2)8-7-9(3,4)5/h6-7H,1-5H3. The molecule has 0 unspecified atom stereocenters. The summed E-state index contributed by atoms with van der Waals surface area (Å²) in [5, 5.41) is 0. The van der Waals surface area contributed by atoms with E-state index in [1.54, 1.807) is 0 Å². The molecular weight excluding hydrogens is 142 g/mol. The Morgan fingerprint density at radius 1 is 1.22 bits per heavy atom. The van der Waals surface area contributed by atoms with Crippen LogP contribution in [0.3, 0.4) is 0 Å². The summed E-state index contributed by atoms with van der Waals surface area (Å²) in [7, 11) is -0.00587. The molecule has 0 amide bonds. The Morgan fingerprint density at radius 3 is 1.78 bits per heavy atom. The first kappa shape index (κ1) is 9.39. The van der Waals surface area contributed by atoms with Crippen molar-refractivity contribution in [3.05, 3.63) is 0 Å². The van der Waals surface area contributed by atoms with Crippen molar-refractivity contribution in [3.63, 3.8) is 0 Å². The van der Waals surface area contributed by atoms with E-state index in [2.05, 4.69) is 38.1 Å². The van der Waals surface area contributed by atoms with Gasteiger partial charge in [0, 0.05) is 0 Å². The Bertz CT molecular complexity index is 75.6. The molecule has 0 bridgehead atoms. The van der Waals surface area contributed by atoms with E-state index in [1.165, 1.54) is 0 Å². The zero-order valence-electron chi connectivity index (χ0n) is 7.08. The molecule has 0 saturated heterocycles. The lowest BCUT2D eigenvalue weighted by molar-refractivity contribution is 1.04. The summed E-state index contributed by atoms with van der Waals surface area (Å²) in [6, 6.07) is 0. The van der Waals surface area contributed by atoms with E-state index >= 15 is 0 Å². The number of hydrogen-bond acceptors (Lipinski definition) is 1.